The summed E-state index contributed by atoms with van der Waals surface area (Å²) < 4.78 is 0. The third kappa shape index (κ3) is 3.60. The molecule has 4 nitrogen and oxygen atoms in total. The zero-order valence-corrected chi connectivity index (χ0v) is 12.3. The van der Waals surface area contributed by atoms with Crippen LogP contribution in [0.25, 0.3) is 0 Å². The van der Waals surface area contributed by atoms with Crippen molar-refractivity contribution in [2.24, 2.45) is 0 Å². The van der Waals surface area contributed by atoms with Gasteiger partial charge in [0.15, 0.2) is 0 Å². The largest absolute Gasteiger partial charge is 0.324 e. The van der Waals surface area contributed by atoms with Gasteiger partial charge in [0.25, 0.3) is 0 Å². The molecular weight excluding hydrogens is 285 g/mol. The molecule has 19 heavy (non-hydrogen) atoms. The first kappa shape index (κ1) is 14.6. The van der Waals surface area contributed by atoms with E-state index < -0.39 is 0 Å². The zero-order valence-electron chi connectivity index (χ0n) is 10.7. The van der Waals surface area contributed by atoms with E-state index in [1.807, 2.05) is 0 Å². The lowest BCUT2D eigenvalue weighted by Gasteiger charge is -2.37. The minimum Gasteiger partial charge on any atom is -0.324 e. The van der Waals surface area contributed by atoms with Crippen molar-refractivity contribution in [1.82, 2.24) is 10.2 Å². The van der Waals surface area contributed by atoms with E-state index in [9.17, 15) is 4.79 Å². The van der Waals surface area contributed by atoms with Crippen LogP contribution < -0.4 is 10.6 Å². The van der Waals surface area contributed by atoms with Crippen molar-refractivity contribution in [1.29, 1.82) is 0 Å². The van der Waals surface area contributed by atoms with Gasteiger partial charge in [-0.05, 0) is 18.7 Å². The number of nitrogens with one attached hydrogen (secondary N) is 2. The molecular formula is C13H17Cl2N3O. The normalized spacial score (nSPS) is 15.4. The van der Waals surface area contributed by atoms with Crippen LogP contribution >= 0.6 is 23.2 Å². The molecule has 1 heterocycles. The Morgan fingerprint density at radius 3 is 2.79 bits per heavy atom. The van der Waals surface area contributed by atoms with E-state index in [0.29, 0.717) is 28.3 Å². The molecule has 0 atom stereocenters. The van der Waals surface area contributed by atoms with Crippen LogP contribution in [0.5, 0.6) is 0 Å². The molecule has 2 rings (SSSR count). The molecule has 0 aliphatic carbocycles. The van der Waals surface area contributed by atoms with E-state index in [2.05, 4.69) is 22.5 Å². The van der Waals surface area contributed by atoms with Gasteiger partial charge in [0.2, 0.25) is 5.91 Å². The standard InChI is InChI=1S/C13H17Cl2N3O/c1-2-18(9-6-16-7-9)8-12(19)17-11-5-3-4-10(14)13(11)15/h3-5,9,16H,2,6-8H2,1H3,(H,17,19). The number of rotatable bonds is 5. The number of hydrogen-bond donors (Lipinski definition) is 2. The Morgan fingerprint density at radius 1 is 1.47 bits per heavy atom. The Morgan fingerprint density at radius 2 is 2.21 bits per heavy atom. The Kier molecular flexibility index (Phi) is 5.05. The summed E-state index contributed by atoms with van der Waals surface area (Å²) in [7, 11) is 0. The van der Waals surface area contributed by atoms with Crippen LogP contribution in [0.2, 0.25) is 10.0 Å². The van der Waals surface area contributed by atoms with Gasteiger partial charge < -0.3 is 10.6 Å². The molecule has 0 spiro atoms. The number of nitrogens with zero attached hydrogens (tertiary/aromatic N) is 1. The molecule has 1 fully saturated rings. The molecule has 0 radical (unpaired) electrons. The predicted octanol–water partition coefficient (Wildman–Crippen LogP) is 2.23. The Bertz CT molecular complexity index is 463. The van der Waals surface area contributed by atoms with Gasteiger partial charge in [-0.15, -0.1) is 0 Å². The summed E-state index contributed by atoms with van der Waals surface area (Å²) in [6.45, 7) is 5.16. The highest BCUT2D eigenvalue weighted by molar-refractivity contribution is 6.43. The van der Waals surface area contributed by atoms with Gasteiger partial charge >= 0.3 is 0 Å². The first-order valence-corrected chi connectivity index (χ1v) is 7.06. The SMILES string of the molecule is CCN(CC(=O)Nc1cccc(Cl)c1Cl)C1CNC1. The molecule has 1 aliphatic heterocycles. The van der Waals surface area contributed by atoms with Crippen LogP contribution in [0, 0.1) is 0 Å². The lowest BCUT2D eigenvalue weighted by atomic mass is 10.1. The average molecular weight is 302 g/mol. The third-order valence-electron chi connectivity index (χ3n) is 3.25. The van der Waals surface area contributed by atoms with Crippen LogP contribution in [0.1, 0.15) is 6.92 Å². The molecule has 0 bridgehead atoms. The number of carbonyl (C=O) groups is 1. The lowest BCUT2D eigenvalue weighted by Crippen LogP contribution is -2.58. The summed E-state index contributed by atoms with van der Waals surface area (Å²) in [5.74, 6) is -0.0714. The number of likely N-dealkylation sites (N-methyl/N-ethyl adjacent to an activating group) is 1. The molecule has 104 valence electrons. The quantitative estimate of drug-likeness (QED) is 0.876. The molecule has 1 amide bonds. The highest BCUT2D eigenvalue weighted by Gasteiger charge is 2.25. The summed E-state index contributed by atoms with van der Waals surface area (Å²) >= 11 is 11.9. The van der Waals surface area contributed by atoms with Crippen molar-refractivity contribution in [3.63, 3.8) is 0 Å². The van der Waals surface area contributed by atoms with Crippen LogP contribution in [-0.4, -0.2) is 43.0 Å². The fraction of sp³-hybridized carbons (Fsp3) is 0.462. The maximum Gasteiger partial charge on any atom is 0.238 e. The first-order valence-electron chi connectivity index (χ1n) is 6.30. The summed E-state index contributed by atoms with van der Waals surface area (Å²) in [6.07, 6.45) is 0. The zero-order chi connectivity index (χ0) is 13.8. The molecule has 1 aromatic carbocycles. The van der Waals surface area contributed by atoms with Crippen LogP contribution in [0.3, 0.4) is 0 Å². The van der Waals surface area contributed by atoms with E-state index in [4.69, 9.17) is 23.2 Å². The van der Waals surface area contributed by atoms with Crippen molar-refractivity contribution in [2.75, 3.05) is 31.5 Å². The summed E-state index contributed by atoms with van der Waals surface area (Å²) in [6, 6.07) is 5.65. The second-order valence-corrected chi connectivity index (χ2v) is 5.31. The lowest BCUT2D eigenvalue weighted by molar-refractivity contribution is -0.118. The number of anilines is 1. The van der Waals surface area contributed by atoms with Gasteiger partial charge in [-0.3, -0.25) is 9.69 Å². The van der Waals surface area contributed by atoms with Crippen molar-refractivity contribution >= 4 is 34.8 Å². The minimum atomic E-state index is -0.0714. The predicted molar refractivity (Wildman–Crippen MR) is 79.0 cm³/mol. The molecule has 1 aliphatic rings. The molecule has 0 saturated carbocycles. The number of carbonyl (C=O) groups excluding carboxylic acids is 1. The van der Waals surface area contributed by atoms with E-state index >= 15 is 0 Å². The smallest absolute Gasteiger partial charge is 0.238 e. The van der Waals surface area contributed by atoms with Crippen molar-refractivity contribution in [3.05, 3.63) is 28.2 Å². The van der Waals surface area contributed by atoms with E-state index in [1.165, 1.54) is 0 Å². The Balaban J connectivity index is 1.94. The van der Waals surface area contributed by atoms with Gasteiger partial charge in [0, 0.05) is 19.1 Å². The van der Waals surface area contributed by atoms with Gasteiger partial charge in [-0.25, -0.2) is 0 Å². The molecule has 0 unspecified atom stereocenters. The molecule has 2 N–H and O–H groups in total. The van der Waals surface area contributed by atoms with E-state index in [-0.39, 0.29) is 5.91 Å². The molecule has 1 aromatic rings. The highest BCUT2D eigenvalue weighted by Crippen LogP contribution is 2.29. The van der Waals surface area contributed by atoms with Gasteiger partial charge in [0.1, 0.15) is 0 Å². The van der Waals surface area contributed by atoms with Crippen molar-refractivity contribution in [2.45, 2.75) is 13.0 Å². The van der Waals surface area contributed by atoms with Crippen molar-refractivity contribution in [3.8, 4) is 0 Å². The maximum absolute atomic E-state index is 12.0. The van der Waals surface area contributed by atoms with Crippen LogP contribution in [0.15, 0.2) is 18.2 Å². The van der Waals surface area contributed by atoms with E-state index in [0.717, 1.165) is 19.6 Å². The summed E-state index contributed by atoms with van der Waals surface area (Å²) in [4.78, 5) is 14.2. The number of hydrogen-bond acceptors (Lipinski definition) is 3. The Labute approximate surface area is 123 Å². The number of amides is 1. The van der Waals surface area contributed by atoms with Gasteiger partial charge in [-0.2, -0.15) is 0 Å². The molecule has 6 heteroatoms. The first-order chi connectivity index (χ1) is 9.11. The van der Waals surface area contributed by atoms with Gasteiger partial charge in [-0.1, -0.05) is 36.2 Å². The number of halogens is 2. The fourth-order valence-electron chi connectivity index (χ4n) is 2.01. The minimum absolute atomic E-state index is 0.0714. The fourth-order valence-corrected chi connectivity index (χ4v) is 2.35. The van der Waals surface area contributed by atoms with Crippen LogP contribution in [-0.2, 0) is 4.79 Å². The molecule has 1 saturated heterocycles. The topological polar surface area (TPSA) is 44.4 Å². The highest BCUT2D eigenvalue weighted by atomic mass is 35.5. The number of benzene rings is 1. The monoisotopic (exact) mass is 301 g/mol. The Hall–Kier alpha value is -0.810. The third-order valence-corrected chi connectivity index (χ3v) is 4.07. The summed E-state index contributed by atoms with van der Waals surface area (Å²) in [5, 5.41) is 6.83. The van der Waals surface area contributed by atoms with Gasteiger partial charge in [0.05, 0.1) is 22.3 Å². The maximum atomic E-state index is 12.0. The van der Waals surface area contributed by atoms with Crippen molar-refractivity contribution < 1.29 is 4.79 Å². The summed E-state index contributed by atoms with van der Waals surface area (Å²) in [5.41, 5.74) is 0.557. The second-order valence-electron chi connectivity index (χ2n) is 4.52. The van der Waals surface area contributed by atoms with Crippen LogP contribution in [0.4, 0.5) is 5.69 Å². The molecule has 0 aromatic heterocycles. The second kappa shape index (κ2) is 6.57. The van der Waals surface area contributed by atoms with E-state index in [1.54, 1.807) is 18.2 Å². The average Bonchev–Trinajstić information content (AvgIpc) is 2.32.